The first-order valence-corrected chi connectivity index (χ1v) is 10.5. The molecule has 0 saturated heterocycles. The summed E-state index contributed by atoms with van der Waals surface area (Å²) in [6.07, 6.45) is 1.66. The number of rotatable bonds is 7. The van der Waals surface area contributed by atoms with Crippen molar-refractivity contribution in [2.75, 3.05) is 24.9 Å². The quantitative estimate of drug-likeness (QED) is 0.401. The third-order valence-corrected chi connectivity index (χ3v) is 5.14. The first-order chi connectivity index (χ1) is 16.5. The Morgan fingerprint density at radius 1 is 1.00 bits per heavy atom. The van der Waals surface area contributed by atoms with Crippen molar-refractivity contribution in [1.82, 2.24) is 9.38 Å². The van der Waals surface area contributed by atoms with Crippen molar-refractivity contribution >= 4 is 34.7 Å². The van der Waals surface area contributed by atoms with Gasteiger partial charge in [0.1, 0.15) is 29.5 Å². The Balaban J connectivity index is 1.37. The van der Waals surface area contributed by atoms with Crippen LogP contribution in [0.2, 0.25) is 5.02 Å². The summed E-state index contributed by atoms with van der Waals surface area (Å²) in [7, 11) is 2.97. The van der Waals surface area contributed by atoms with Crippen LogP contribution in [0.5, 0.6) is 17.2 Å². The maximum Gasteiger partial charge on any atom is 0.323 e. The van der Waals surface area contributed by atoms with Crippen molar-refractivity contribution in [3.8, 4) is 17.2 Å². The summed E-state index contributed by atoms with van der Waals surface area (Å²) in [5.74, 6) is 1.40. The first-order valence-electron chi connectivity index (χ1n) is 10.2. The minimum Gasteiger partial charge on any atom is -0.495 e. The molecule has 9 nitrogen and oxygen atoms in total. The molecular formula is C24H21ClN4O5. The lowest BCUT2D eigenvalue weighted by atomic mass is 10.2. The van der Waals surface area contributed by atoms with E-state index in [1.165, 1.54) is 24.7 Å². The summed E-state index contributed by atoms with van der Waals surface area (Å²) < 4.78 is 17.6. The van der Waals surface area contributed by atoms with Gasteiger partial charge in [0.25, 0.3) is 5.56 Å². The molecule has 0 radical (unpaired) electrons. The van der Waals surface area contributed by atoms with Gasteiger partial charge in [0.15, 0.2) is 0 Å². The maximum absolute atomic E-state index is 12.4. The average molecular weight is 481 g/mol. The third-order valence-electron chi connectivity index (χ3n) is 4.85. The number of pyridine rings is 1. The zero-order valence-corrected chi connectivity index (χ0v) is 19.1. The van der Waals surface area contributed by atoms with Gasteiger partial charge in [-0.05, 0) is 42.5 Å². The predicted octanol–water partition coefficient (Wildman–Crippen LogP) is 4.59. The van der Waals surface area contributed by atoms with E-state index in [1.807, 2.05) is 6.07 Å². The number of carbonyl (C=O) groups is 1. The lowest BCUT2D eigenvalue weighted by Gasteiger charge is -2.14. The van der Waals surface area contributed by atoms with Gasteiger partial charge in [-0.2, -0.15) is 0 Å². The standard InChI is InChI=1S/C24H21ClN4O5/c1-32-20-13-21(33-2)19(12-18(20)25)28-24(31)27-15-6-8-17(9-7-15)34-14-16-11-23(30)29-10-4-3-5-22(29)26-16/h3-13H,14H2,1-2H3,(H2,27,28,31). The zero-order valence-electron chi connectivity index (χ0n) is 18.4. The molecule has 4 aromatic rings. The van der Waals surface area contributed by atoms with Crippen molar-refractivity contribution < 1.29 is 19.0 Å². The number of ether oxygens (including phenoxy) is 3. The summed E-state index contributed by atoms with van der Waals surface area (Å²) in [4.78, 5) is 29.0. The second kappa shape index (κ2) is 10.1. The lowest BCUT2D eigenvalue weighted by molar-refractivity contribution is 0.262. The zero-order chi connectivity index (χ0) is 24.1. The predicted molar refractivity (Wildman–Crippen MR) is 129 cm³/mol. The highest BCUT2D eigenvalue weighted by Gasteiger charge is 2.13. The van der Waals surface area contributed by atoms with Gasteiger partial charge in [0.2, 0.25) is 0 Å². The van der Waals surface area contributed by atoms with Gasteiger partial charge in [0, 0.05) is 24.0 Å². The Hall–Kier alpha value is -4.24. The molecule has 174 valence electrons. The fraction of sp³-hybridized carbons (Fsp3) is 0.125. The molecule has 0 fully saturated rings. The molecule has 0 aliphatic heterocycles. The smallest absolute Gasteiger partial charge is 0.323 e. The lowest BCUT2D eigenvalue weighted by Crippen LogP contribution is -2.19. The van der Waals surface area contributed by atoms with E-state index in [9.17, 15) is 9.59 Å². The van der Waals surface area contributed by atoms with Gasteiger partial charge in [-0.15, -0.1) is 0 Å². The summed E-state index contributed by atoms with van der Waals surface area (Å²) in [6, 6.07) is 16.2. The Morgan fingerprint density at radius 3 is 2.50 bits per heavy atom. The highest BCUT2D eigenvalue weighted by molar-refractivity contribution is 6.32. The van der Waals surface area contributed by atoms with E-state index in [1.54, 1.807) is 54.7 Å². The second-order valence-electron chi connectivity index (χ2n) is 7.09. The fourth-order valence-corrected chi connectivity index (χ4v) is 3.45. The minimum atomic E-state index is -0.478. The Bertz CT molecular complexity index is 1390. The number of halogens is 1. The van der Waals surface area contributed by atoms with Crippen LogP contribution in [-0.4, -0.2) is 29.6 Å². The van der Waals surface area contributed by atoms with Gasteiger partial charge < -0.3 is 24.8 Å². The van der Waals surface area contributed by atoms with Crippen LogP contribution in [0.25, 0.3) is 5.65 Å². The van der Waals surface area contributed by atoms with Crippen molar-refractivity contribution in [3.05, 3.63) is 87.9 Å². The Kier molecular flexibility index (Phi) is 6.84. The number of hydrogen-bond acceptors (Lipinski definition) is 6. The maximum atomic E-state index is 12.4. The van der Waals surface area contributed by atoms with Crippen LogP contribution >= 0.6 is 11.6 Å². The van der Waals surface area contributed by atoms with Crippen LogP contribution < -0.4 is 30.4 Å². The molecule has 2 N–H and O–H groups in total. The van der Waals surface area contributed by atoms with Crippen LogP contribution in [0.15, 0.2) is 71.7 Å². The number of methoxy groups -OCH3 is 2. The number of anilines is 2. The van der Waals surface area contributed by atoms with Crippen LogP contribution in [-0.2, 0) is 6.61 Å². The normalized spacial score (nSPS) is 10.6. The van der Waals surface area contributed by atoms with E-state index in [4.69, 9.17) is 25.8 Å². The van der Waals surface area contributed by atoms with E-state index >= 15 is 0 Å². The van der Waals surface area contributed by atoms with Crippen molar-refractivity contribution in [1.29, 1.82) is 0 Å². The number of fused-ring (bicyclic) bond motifs is 1. The van der Waals surface area contributed by atoms with Crippen LogP contribution in [0.4, 0.5) is 16.2 Å². The fourth-order valence-electron chi connectivity index (χ4n) is 3.21. The highest BCUT2D eigenvalue weighted by atomic mass is 35.5. The van der Waals surface area contributed by atoms with E-state index in [-0.39, 0.29) is 12.2 Å². The molecule has 0 atom stereocenters. The molecule has 34 heavy (non-hydrogen) atoms. The number of benzene rings is 2. The molecule has 10 heteroatoms. The van der Waals surface area contributed by atoms with Crippen molar-refractivity contribution in [2.24, 2.45) is 0 Å². The summed E-state index contributed by atoms with van der Waals surface area (Å²) in [5, 5.41) is 5.76. The Morgan fingerprint density at radius 2 is 1.76 bits per heavy atom. The number of hydrogen-bond donors (Lipinski definition) is 2. The molecule has 2 aromatic carbocycles. The molecule has 0 aliphatic rings. The molecule has 0 bridgehead atoms. The molecule has 0 saturated carbocycles. The number of urea groups is 1. The molecule has 2 heterocycles. The monoisotopic (exact) mass is 480 g/mol. The molecular weight excluding hydrogens is 460 g/mol. The molecule has 4 rings (SSSR count). The Labute approximate surface area is 199 Å². The minimum absolute atomic E-state index is 0.131. The van der Waals surface area contributed by atoms with Gasteiger partial charge in [-0.3, -0.25) is 9.20 Å². The molecule has 2 aromatic heterocycles. The topological polar surface area (TPSA) is 103 Å². The number of amides is 2. The van der Waals surface area contributed by atoms with E-state index in [0.29, 0.717) is 45.0 Å². The summed E-state index contributed by atoms with van der Waals surface area (Å²) in [5.41, 5.74) is 1.83. The molecule has 2 amide bonds. The summed E-state index contributed by atoms with van der Waals surface area (Å²) in [6.45, 7) is 0.131. The van der Waals surface area contributed by atoms with Crippen molar-refractivity contribution in [3.63, 3.8) is 0 Å². The first kappa shape index (κ1) is 22.9. The van der Waals surface area contributed by atoms with Crippen LogP contribution in [0, 0.1) is 0 Å². The highest BCUT2D eigenvalue weighted by Crippen LogP contribution is 2.36. The second-order valence-corrected chi connectivity index (χ2v) is 7.50. The van der Waals surface area contributed by atoms with Gasteiger partial charge in [0.05, 0.1) is 30.6 Å². The summed E-state index contributed by atoms with van der Waals surface area (Å²) >= 11 is 6.14. The van der Waals surface area contributed by atoms with E-state index in [2.05, 4.69) is 15.6 Å². The molecule has 0 spiro atoms. The number of carbonyl (C=O) groups excluding carboxylic acids is 1. The average Bonchev–Trinajstić information content (AvgIpc) is 2.84. The van der Waals surface area contributed by atoms with Gasteiger partial charge in [-0.25, -0.2) is 9.78 Å². The number of nitrogens with zero attached hydrogens (tertiary/aromatic N) is 2. The van der Waals surface area contributed by atoms with Gasteiger partial charge >= 0.3 is 6.03 Å². The van der Waals surface area contributed by atoms with E-state index in [0.717, 1.165) is 0 Å². The van der Waals surface area contributed by atoms with E-state index < -0.39 is 6.03 Å². The van der Waals surface area contributed by atoms with Crippen molar-refractivity contribution in [2.45, 2.75) is 6.61 Å². The SMILES string of the molecule is COc1cc(OC)c(NC(=O)Nc2ccc(OCc3cc(=O)n4ccccc4n3)cc2)cc1Cl. The molecule has 0 aliphatic carbocycles. The number of aromatic nitrogens is 2. The molecule has 0 unspecified atom stereocenters. The van der Waals surface area contributed by atoms with Crippen LogP contribution in [0.1, 0.15) is 5.69 Å². The third kappa shape index (κ3) is 5.21. The van der Waals surface area contributed by atoms with Crippen LogP contribution in [0.3, 0.4) is 0 Å². The number of nitrogens with one attached hydrogen (secondary N) is 2. The van der Waals surface area contributed by atoms with Gasteiger partial charge in [-0.1, -0.05) is 17.7 Å². The largest absolute Gasteiger partial charge is 0.495 e.